The van der Waals surface area contributed by atoms with Gasteiger partial charge in [0, 0.05) is 12.6 Å². The third-order valence-corrected chi connectivity index (χ3v) is 4.59. The number of fused-ring (bicyclic) bond motifs is 1. The molecule has 1 N–H and O–H groups in total. The monoisotopic (exact) mass is 380 g/mol. The third-order valence-electron chi connectivity index (χ3n) is 3.44. The van der Waals surface area contributed by atoms with E-state index in [1.54, 1.807) is 20.3 Å². The van der Waals surface area contributed by atoms with Crippen LogP contribution in [0.25, 0.3) is 10.2 Å². The van der Waals surface area contributed by atoms with Gasteiger partial charge >= 0.3 is 5.00 Å². The first-order chi connectivity index (χ1) is 12.0. The summed E-state index contributed by atoms with van der Waals surface area (Å²) in [4.78, 5) is 19.1. The van der Waals surface area contributed by atoms with Crippen LogP contribution >= 0.6 is 22.9 Å². The molecular weight excluding hydrogens is 368 g/mol. The molecule has 25 heavy (non-hydrogen) atoms. The summed E-state index contributed by atoms with van der Waals surface area (Å²) in [7, 11) is 3.13. The van der Waals surface area contributed by atoms with Gasteiger partial charge in [0.25, 0.3) is 0 Å². The minimum Gasteiger partial charge on any atom is -0.493 e. The molecule has 8 nitrogen and oxygen atoms in total. The number of methoxy groups -OCH3 is 2. The molecule has 0 atom stereocenters. The number of aromatic nitrogens is 2. The molecule has 0 saturated heterocycles. The van der Waals surface area contributed by atoms with Gasteiger partial charge in [0.05, 0.1) is 24.5 Å². The van der Waals surface area contributed by atoms with Gasteiger partial charge in [-0.25, -0.2) is 9.97 Å². The van der Waals surface area contributed by atoms with E-state index in [1.165, 1.54) is 6.07 Å². The number of nitrogens with one attached hydrogen (secondary N) is 1. The molecule has 0 spiro atoms. The molecule has 2 aromatic heterocycles. The first-order valence-electron chi connectivity index (χ1n) is 7.08. The molecule has 3 rings (SSSR count). The highest BCUT2D eigenvalue weighted by atomic mass is 35.5. The molecule has 0 aliphatic heterocycles. The van der Waals surface area contributed by atoms with Gasteiger partial charge in [-0.1, -0.05) is 6.07 Å². The molecule has 0 bridgehead atoms. The summed E-state index contributed by atoms with van der Waals surface area (Å²) < 4.78 is 10.5. The van der Waals surface area contributed by atoms with Crippen molar-refractivity contribution < 1.29 is 14.4 Å². The van der Waals surface area contributed by atoms with Crippen molar-refractivity contribution in [1.29, 1.82) is 0 Å². The maximum atomic E-state index is 11.0. The Balaban J connectivity index is 1.89. The van der Waals surface area contributed by atoms with Crippen LogP contribution < -0.4 is 14.8 Å². The number of thiophene rings is 1. The maximum Gasteiger partial charge on any atom is 0.326 e. The van der Waals surface area contributed by atoms with Gasteiger partial charge in [0.15, 0.2) is 11.5 Å². The van der Waals surface area contributed by atoms with E-state index >= 15 is 0 Å². The SMILES string of the molecule is COc1ccc(CNc2nc(Cl)nc3sc([N+](=O)[O-])cc23)cc1OC. The molecule has 0 unspecified atom stereocenters. The number of nitro groups is 1. The zero-order valence-electron chi connectivity index (χ0n) is 13.3. The Morgan fingerprint density at radius 3 is 2.68 bits per heavy atom. The van der Waals surface area contributed by atoms with Crippen molar-refractivity contribution >= 4 is 44.0 Å². The summed E-state index contributed by atoms with van der Waals surface area (Å²) in [5.41, 5.74) is 0.922. The van der Waals surface area contributed by atoms with Gasteiger partial charge in [0.2, 0.25) is 5.28 Å². The van der Waals surface area contributed by atoms with Gasteiger partial charge in [-0.15, -0.1) is 0 Å². The lowest BCUT2D eigenvalue weighted by atomic mass is 10.2. The Morgan fingerprint density at radius 1 is 1.24 bits per heavy atom. The van der Waals surface area contributed by atoms with Crippen molar-refractivity contribution in [2.24, 2.45) is 0 Å². The quantitative estimate of drug-likeness (QED) is 0.393. The van der Waals surface area contributed by atoms with E-state index in [0.717, 1.165) is 16.9 Å². The lowest BCUT2D eigenvalue weighted by Gasteiger charge is -2.11. The summed E-state index contributed by atoms with van der Waals surface area (Å²) in [6.07, 6.45) is 0. The second-order valence-corrected chi connectivity index (χ2v) is 6.29. The van der Waals surface area contributed by atoms with E-state index in [1.807, 2.05) is 12.1 Å². The maximum absolute atomic E-state index is 11.0. The van der Waals surface area contributed by atoms with Gasteiger partial charge in [0.1, 0.15) is 10.6 Å². The van der Waals surface area contributed by atoms with E-state index in [0.29, 0.717) is 34.1 Å². The van der Waals surface area contributed by atoms with Crippen LogP contribution in [0, 0.1) is 10.1 Å². The van der Waals surface area contributed by atoms with E-state index in [-0.39, 0.29) is 10.3 Å². The topological polar surface area (TPSA) is 99.4 Å². The molecule has 0 aliphatic rings. The Labute approximate surface area is 151 Å². The van der Waals surface area contributed by atoms with Crippen LogP contribution in [-0.4, -0.2) is 29.1 Å². The average Bonchev–Trinajstić information content (AvgIpc) is 3.03. The summed E-state index contributed by atoms with van der Waals surface area (Å²) in [5.74, 6) is 1.68. The number of anilines is 1. The standard InChI is InChI=1S/C15H13ClN4O4S/c1-23-10-4-3-8(5-11(10)24-2)7-17-13-9-6-12(20(21)22)25-14(9)19-15(16)18-13/h3-6H,7H2,1-2H3,(H,17,18,19). The van der Waals surface area contributed by atoms with Crippen molar-refractivity contribution in [2.45, 2.75) is 6.54 Å². The third kappa shape index (κ3) is 3.57. The van der Waals surface area contributed by atoms with Crippen LogP contribution in [-0.2, 0) is 6.54 Å². The van der Waals surface area contributed by atoms with Crippen molar-refractivity contribution in [3.05, 3.63) is 45.2 Å². The highest BCUT2D eigenvalue weighted by molar-refractivity contribution is 7.21. The normalized spacial score (nSPS) is 10.7. The lowest BCUT2D eigenvalue weighted by Crippen LogP contribution is -2.03. The van der Waals surface area contributed by atoms with Crippen LogP contribution in [0.3, 0.4) is 0 Å². The minimum absolute atomic E-state index is 0.0132. The second kappa shape index (κ2) is 7.08. The molecule has 0 saturated carbocycles. The Morgan fingerprint density at radius 2 is 2.00 bits per heavy atom. The number of halogens is 1. The first-order valence-corrected chi connectivity index (χ1v) is 8.27. The molecule has 10 heteroatoms. The first kappa shape index (κ1) is 17.2. The molecule has 0 fully saturated rings. The summed E-state index contributed by atoms with van der Waals surface area (Å²) in [5, 5.41) is 14.7. The Hall–Kier alpha value is -2.65. The fraction of sp³-hybridized carbons (Fsp3) is 0.200. The van der Waals surface area contributed by atoms with Crippen molar-refractivity contribution in [3.63, 3.8) is 0 Å². The lowest BCUT2D eigenvalue weighted by molar-refractivity contribution is -0.380. The van der Waals surface area contributed by atoms with Crippen LogP contribution in [0.2, 0.25) is 5.28 Å². The fourth-order valence-electron chi connectivity index (χ4n) is 2.28. The van der Waals surface area contributed by atoms with Crippen LogP contribution in [0.5, 0.6) is 11.5 Å². The molecule has 0 amide bonds. The van der Waals surface area contributed by atoms with Crippen molar-refractivity contribution in [1.82, 2.24) is 9.97 Å². The molecule has 1 aromatic carbocycles. The van der Waals surface area contributed by atoms with E-state index < -0.39 is 4.92 Å². The number of nitrogens with zero attached hydrogens (tertiary/aromatic N) is 3. The molecular formula is C15H13ClN4O4S. The van der Waals surface area contributed by atoms with Gasteiger partial charge in [-0.05, 0) is 40.6 Å². The number of ether oxygens (including phenoxy) is 2. The van der Waals surface area contributed by atoms with Crippen LogP contribution in [0.15, 0.2) is 24.3 Å². The number of hydrogen-bond donors (Lipinski definition) is 1. The number of hydrogen-bond acceptors (Lipinski definition) is 8. The van der Waals surface area contributed by atoms with Crippen molar-refractivity contribution in [2.75, 3.05) is 19.5 Å². The summed E-state index contributed by atoms with van der Waals surface area (Å²) in [6.45, 7) is 0.423. The summed E-state index contributed by atoms with van der Waals surface area (Å²) in [6, 6.07) is 6.95. The van der Waals surface area contributed by atoms with Crippen LogP contribution in [0.4, 0.5) is 10.8 Å². The highest BCUT2D eigenvalue weighted by Crippen LogP contribution is 2.35. The van der Waals surface area contributed by atoms with Gasteiger partial charge < -0.3 is 14.8 Å². The molecule has 130 valence electrons. The minimum atomic E-state index is -0.460. The average molecular weight is 381 g/mol. The Bertz CT molecular complexity index is 947. The zero-order chi connectivity index (χ0) is 18.0. The van der Waals surface area contributed by atoms with Crippen LogP contribution in [0.1, 0.15) is 5.56 Å². The Kier molecular flexibility index (Phi) is 4.86. The van der Waals surface area contributed by atoms with E-state index in [2.05, 4.69) is 15.3 Å². The largest absolute Gasteiger partial charge is 0.493 e. The van der Waals surface area contributed by atoms with E-state index in [9.17, 15) is 10.1 Å². The second-order valence-electron chi connectivity index (χ2n) is 4.94. The zero-order valence-corrected chi connectivity index (χ0v) is 14.8. The van der Waals surface area contributed by atoms with Gasteiger partial charge in [-0.3, -0.25) is 10.1 Å². The smallest absolute Gasteiger partial charge is 0.326 e. The number of rotatable bonds is 6. The predicted octanol–water partition coefficient (Wildman–Crippen LogP) is 3.88. The molecule has 0 radical (unpaired) electrons. The summed E-state index contributed by atoms with van der Waals surface area (Å²) >= 11 is 6.87. The molecule has 3 aromatic rings. The number of benzene rings is 1. The van der Waals surface area contributed by atoms with Crippen molar-refractivity contribution in [3.8, 4) is 11.5 Å². The fourth-order valence-corrected chi connectivity index (χ4v) is 3.35. The molecule has 0 aliphatic carbocycles. The highest BCUT2D eigenvalue weighted by Gasteiger charge is 2.17. The van der Waals surface area contributed by atoms with Gasteiger partial charge in [-0.2, -0.15) is 0 Å². The predicted molar refractivity (Wildman–Crippen MR) is 96.0 cm³/mol. The molecule has 2 heterocycles. The van der Waals surface area contributed by atoms with E-state index in [4.69, 9.17) is 21.1 Å².